The molecule has 0 aliphatic rings. The largest absolute Gasteiger partial charge is 0.395 e. The van der Waals surface area contributed by atoms with Gasteiger partial charge in [-0.15, -0.1) is 0 Å². The summed E-state index contributed by atoms with van der Waals surface area (Å²) in [6.07, 6.45) is 1.46. The SMILES string of the molecule is Cc1ncn(CCO)c(=O)c1C. The Labute approximate surface area is 70.5 Å². The third-order valence-electron chi connectivity index (χ3n) is 1.86. The van der Waals surface area contributed by atoms with Gasteiger partial charge in [-0.3, -0.25) is 9.36 Å². The Morgan fingerprint density at radius 2 is 2.25 bits per heavy atom. The van der Waals surface area contributed by atoms with Crippen LogP contribution in [0.1, 0.15) is 11.3 Å². The Balaban J connectivity index is 3.18. The molecule has 12 heavy (non-hydrogen) atoms. The van der Waals surface area contributed by atoms with Crippen molar-refractivity contribution in [3.8, 4) is 0 Å². The van der Waals surface area contributed by atoms with Crippen molar-refractivity contribution in [2.24, 2.45) is 0 Å². The first kappa shape index (κ1) is 8.93. The Bertz CT molecular complexity index is 330. The average molecular weight is 168 g/mol. The monoisotopic (exact) mass is 168 g/mol. The van der Waals surface area contributed by atoms with Gasteiger partial charge in [0.05, 0.1) is 19.5 Å². The maximum absolute atomic E-state index is 11.4. The summed E-state index contributed by atoms with van der Waals surface area (Å²) in [6.45, 7) is 3.80. The van der Waals surface area contributed by atoms with Crippen LogP contribution in [0.4, 0.5) is 0 Å². The first-order chi connectivity index (χ1) is 5.66. The van der Waals surface area contributed by atoms with E-state index in [1.165, 1.54) is 10.9 Å². The maximum Gasteiger partial charge on any atom is 0.256 e. The molecule has 4 heteroatoms. The van der Waals surface area contributed by atoms with Crippen LogP contribution in [0.5, 0.6) is 0 Å². The third kappa shape index (κ3) is 1.53. The molecule has 1 rings (SSSR count). The lowest BCUT2D eigenvalue weighted by Gasteiger charge is -2.04. The number of nitrogens with zero attached hydrogens (tertiary/aromatic N) is 2. The van der Waals surface area contributed by atoms with Crippen molar-refractivity contribution in [1.82, 2.24) is 9.55 Å². The standard InChI is InChI=1S/C8H12N2O2/c1-6-7(2)9-5-10(3-4-11)8(6)12/h5,11H,3-4H2,1-2H3. The molecule has 0 radical (unpaired) electrons. The Morgan fingerprint density at radius 1 is 1.58 bits per heavy atom. The molecule has 1 aromatic heterocycles. The van der Waals surface area contributed by atoms with Gasteiger partial charge in [-0.2, -0.15) is 0 Å². The molecule has 0 amide bonds. The van der Waals surface area contributed by atoms with Gasteiger partial charge in [-0.05, 0) is 13.8 Å². The second-order valence-electron chi connectivity index (χ2n) is 2.68. The molecule has 0 atom stereocenters. The van der Waals surface area contributed by atoms with Gasteiger partial charge >= 0.3 is 0 Å². The van der Waals surface area contributed by atoms with Gasteiger partial charge in [0.25, 0.3) is 5.56 Å². The molecule has 0 saturated heterocycles. The Morgan fingerprint density at radius 3 is 2.83 bits per heavy atom. The van der Waals surface area contributed by atoms with Crippen molar-refractivity contribution in [2.75, 3.05) is 6.61 Å². The lowest BCUT2D eigenvalue weighted by atomic mass is 10.3. The summed E-state index contributed by atoms with van der Waals surface area (Å²) in [6, 6.07) is 0. The molecular weight excluding hydrogens is 156 g/mol. The average Bonchev–Trinajstić information content (AvgIpc) is 2.07. The minimum atomic E-state index is -0.0726. The van der Waals surface area contributed by atoms with Crippen molar-refractivity contribution >= 4 is 0 Å². The van der Waals surface area contributed by atoms with E-state index in [4.69, 9.17) is 5.11 Å². The summed E-state index contributed by atoms with van der Waals surface area (Å²) in [5, 5.41) is 8.62. The number of aromatic nitrogens is 2. The minimum absolute atomic E-state index is 0.0376. The topological polar surface area (TPSA) is 55.1 Å². The van der Waals surface area contributed by atoms with Gasteiger partial charge in [-0.1, -0.05) is 0 Å². The summed E-state index contributed by atoms with van der Waals surface area (Å²) in [5.74, 6) is 0. The second-order valence-corrected chi connectivity index (χ2v) is 2.68. The zero-order valence-corrected chi connectivity index (χ0v) is 7.24. The molecule has 0 fully saturated rings. The minimum Gasteiger partial charge on any atom is -0.395 e. The van der Waals surface area contributed by atoms with Crippen LogP contribution >= 0.6 is 0 Å². The van der Waals surface area contributed by atoms with E-state index in [-0.39, 0.29) is 12.2 Å². The van der Waals surface area contributed by atoms with E-state index in [0.29, 0.717) is 12.1 Å². The second kappa shape index (κ2) is 3.49. The van der Waals surface area contributed by atoms with Gasteiger partial charge < -0.3 is 5.11 Å². The number of aliphatic hydroxyl groups is 1. The Kier molecular flexibility index (Phi) is 2.60. The highest BCUT2D eigenvalue weighted by atomic mass is 16.3. The molecule has 0 saturated carbocycles. The molecule has 0 unspecified atom stereocenters. The predicted molar refractivity (Wildman–Crippen MR) is 45.1 cm³/mol. The van der Waals surface area contributed by atoms with Gasteiger partial charge in [0.1, 0.15) is 0 Å². The van der Waals surface area contributed by atoms with Crippen molar-refractivity contribution in [3.05, 3.63) is 27.9 Å². The third-order valence-corrected chi connectivity index (χ3v) is 1.86. The lowest BCUT2D eigenvalue weighted by Crippen LogP contribution is -2.24. The molecule has 1 aromatic rings. The van der Waals surface area contributed by atoms with Crippen molar-refractivity contribution < 1.29 is 5.11 Å². The van der Waals surface area contributed by atoms with E-state index in [9.17, 15) is 4.79 Å². The van der Waals surface area contributed by atoms with Crippen LogP contribution in [-0.2, 0) is 6.54 Å². The van der Waals surface area contributed by atoms with Gasteiger partial charge in [0.2, 0.25) is 0 Å². The van der Waals surface area contributed by atoms with Crippen molar-refractivity contribution in [3.63, 3.8) is 0 Å². The van der Waals surface area contributed by atoms with Crippen molar-refractivity contribution in [2.45, 2.75) is 20.4 Å². The number of hydrogen-bond donors (Lipinski definition) is 1. The number of aryl methyl sites for hydroxylation is 1. The zero-order valence-electron chi connectivity index (χ0n) is 7.24. The fourth-order valence-corrected chi connectivity index (χ4v) is 0.943. The quantitative estimate of drug-likeness (QED) is 0.668. The summed E-state index contributed by atoms with van der Waals surface area (Å²) >= 11 is 0. The van der Waals surface area contributed by atoms with Gasteiger partial charge in [0, 0.05) is 11.3 Å². The first-order valence-corrected chi connectivity index (χ1v) is 3.80. The molecule has 0 spiro atoms. The molecule has 4 nitrogen and oxygen atoms in total. The van der Waals surface area contributed by atoms with Crippen LogP contribution in [0.15, 0.2) is 11.1 Å². The van der Waals surface area contributed by atoms with Crippen LogP contribution in [0.2, 0.25) is 0 Å². The van der Waals surface area contributed by atoms with Crippen LogP contribution < -0.4 is 5.56 Å². The Hall–Kier alpha value is -1.16. The number of rotatable bonds is 2. The number of aliphatic hydroxyl groups excluding tert-OH is 1. The highest BCUT2D eigenvalue weighted by Gasteiger charge is 2.01. The first-order valence-electron chi connectivity index (χ1n) is 3.80. The fraction of sp³-hybridized carbons (Fsp3) is 0.500. The molecule has 1 N–H and O–H groups in total. The van der Waals surface area contributed by atoms with Crippen LogP contribution in [0.25, 0.3) is 0 Å². The molecule has 0 bridgehead atoms. The summed E-state index contributed by atoms with van der Waals surface area (Å²) in [7, 11) is 0. The van der Waals surface area contributed by atoms with E-state index in [1.54, 1.807) is 13.8 Å². The lowest BCUT2D eigenvalue weighted by molar-refractivity contribution is 0.273. The highest BCUT2D eigenvalue weighted by Crippen LogP contribution is 1.93. The number of hydrogen-bond acceptors (Lipinski definition) is 3. The molecular formula is C8H12N2O2. The molecule has 0 aliphatic heterocycles. The smallest absolute Gasteiger partial charge is 0.256 e. The maximum atomic E-state index is 11.4. The van der Waals surface area contributed by atoms with E-state index in [1.807, 2.05) is 0 Å². The van der Waals surface area contributed by atoms with Gasteiger partial charge in [0.15, 0.2) is 0 Å². The fourth-order valence-electron chi connectivity index (χ4n) is 0.943. The van der Waals surface area contributed by atoms with E-state index >= 15 is 0 Å². The van der Waals surface area contributed by atoms with Crippen LogP contribution in [0.3, 0.4) is 0 Å². The zero-order chi connectivity index (χ0) is 9.14. The normalized spacial score (nSPS) is 10.2. The van der Waals surface area contributed by atoms with E-state index < -0.39 is 0 Å². The molecule has 0 aliphatic carbocycles. The summed E-state index contributed by atoms with van der Waals surface area (Å²) in [4.78, 5) is 15.4. The van der Waals surface area contributed by atoms with E-state index in [2.05, 4.69) is 4.98 Å². The summed E-state index contributed by atoms with van der Waals surface area (Å²) < 4.78 is 1.41. The van der Waals surface area contributed by atoms with E-state index in [0.717, 1.165) is 5.69 Å². The van der Waals surface area contributed by atoms with Crippen molar-refractivity contribution in [1.29, 1.82) is 0 Å². The predicted octanol–water partition coefficient (Wildman–Crippen LogP) is -0.148. The summed E-state index contributed by atoms with van der Waals surface area (Å²) in [5.41, 5.74) is 1.32. The molecule has 66 valence electrons. The molecule has 1 heterocycles. The van der Waals surface area contributed by atoms with Crippen LogP contribution in [-0.4, -0.2) is 21.3 Å². The highest BCUT2D eigenvalue weighted by molar-refractivity contribution is 5.12. The van der Waals surface area contributed by atoms with Crippen LogP contribution in [0, 0.1) is 13.8 Å². The molecule has 0 aromatic carbocycles. The van der Waals surface area contributed by atoms with Gasteiger partial charge in [-0.25, -0.2) is 4.98 Å².